The van der Waals surface area contributed by atoms with Gasteiger partial charge in [0.05, 0.1) is 6.04 Å². The van der Waals surface area contributed by atoms with Gasteiger partial charge in [-0.25, -0.2) is 0 Å². The third-order valence-corrected chi connectivity index (χ3v) is 2.70. The Labute approximate surface area is 96.8 Å². The maximum Gasteiger partial charge on any atom is 0.320 e. The van der Waals surface area contributed by atoms with Crippen molar-refractivity contribution >= 4 is 11.9 Å². The van der Waals surface area contributed by atoms with E-state index in [1.165, 1.54) is 0 Å². The van der Waals surface area contributed by atoms with Crippen LogP contribution in [0, 0.1) is 0 Å². The molecule has 2 unspecified atom stereocenters. The first kappa shape index (κ1) is 14.9. The van der Waals surface area contributed by atoms with Gasteiger partial charge in [-0.05, 0) is 26.8 Å². The Balaban J connectivity index is 4.40. The number of nitrogens with one attached hydrogen (secondary N) is 1. The van der Waals surface area contributed by atoms with Gasteiger partial charge in [0.15, 0.2) is 0 Å². The van der Waals surface area contributed by atoms with E-state index in [4.69, 9.17) is 5.11 Å². The number of amides is 1. The van der Waals surface area contributed by atoms with Gasteiger partial charge in [-0.1, -0.05) is 13.8 Å². The van der Waals surface area contributed by atoms with Crippen molar-refractivity contribution in [1.82, 2.24) is 10.2 Å². The van der Waals surface area contributed by atoms with Crippen LogP contribution in [0.25, 0.3) is 0 Å². The summed E-state index contributed by atoms with van der Waals surface area (Å²) in [5.41, 5.74) is 0. The molecule has 0 radical (unpaired) electrons. The van der Waals surface area contributed by atoms with Crippen molar-refractivity contribution in [1.29, 1.82) is 0 Å². The number of carbonyl (C=O) groups is 2. The molecule has 0 aromatic rings. The standard InChI is InChI=1S/C11H22N2O3/c1-5-7-12-10(14)8(3)13(4)9(6-2)11(15)16/h8-9H,5-7H2,1-4H3,(H,12,14)(H,15,16). The summed E-state index contributed by atoms with van der Waals surface area (Å²) in [6, 6.07) is -1.03. The molecule has 0 saturated carbocycles. The summed E-state index contributed by atoms with van der Waals surface area (Å²) in [6.45, 7) is 6.12. The van der Waals surface area contributed by atoms with Gasteiger partial charge in [0.2, 0.25) is 5.91 Å². The topological polar surface area (TPSA) is 69.6 Å². The number of hydrogen-bond acceptors (Lipinski definition) is 3. The van der Waals surface area contributed by atoms with Gasteiger partial charge < -0.3 is 10.4 Å². The zero-order valence-corrected chi connectivity index (χ0v) is 10.5. The molecule has 5 heteroatoms. The minimum Gasteiger partial charge on any atom is -0.480 e. The molecule has 1 amide bonds. The van der Waals surface area contributed by atoms with Crippen LogP contribution in [0.4, 0.5) is 0 Å². The molecule has 0 aromatic heterocycles. The van der Waals surface area contributed by atoms with Crippen LogP contribution in [0.3, 0.4) is 0 Å². The van der Waals surface area contributed by atoms with Crippen LogP contribution in [0.1, 0.15) is 33.6 Å². The molecule has 16 heavy (non-hydrogen) atoms. The molecule has 2 N–H and O–H groups in total. The van der Waals surface area contributed by atoms with Crippen molar-refractivity contribution < 1.29 is 14.7 Å². The lowest BCUT2D eigenvalue weighted by Crippen LogP contribution is -2.50. The molecule has 5 nitrogen and oxygen atoms in total. The second-order valence-corrected chi connectivity index (χ2v) is 3.89. The van der Waals surface area contributed by atoms with Crippen molar-refractivity contribution in [2.45, 2.75) is 45.7 Å². The molecular weight excluding hydrogens is 208 g/mol. The highest BCUT2D eigenvalue weighted by atomic mass is 16.4. The van der Waals surface area contributed by atoms with E-state index in [9.17, 15) is 9.59 Å². The van der Waals surface area contributed by atoms with Gasteiger partial charge in [0, 0.05) is 6.54 Å². The highest BCUT2D eigenvalue weighted by Gasteiger charge is 2.27. The van der Waals surface area contributed by atoms with Gasteiger partial charge in [0.1, 0.15) is 6.04 Å². The van der Waals surface area contributed by atoms with Crippen LogP contribution in [0.2, 0.25) is 0 Å². The van der Waals surface area contributed by atoms with E-state index in [1.807, 2.05) is 6.92 Å². The molecule has 0 bridgehead atoms. The van der Waals surface area contributed by atoms with Crippen molar-refractivity contribution in [3.05, 3.63) is 0 Å². The van der Waals surface area contributed by atoms with Crippen LogP contribution in [-0.2, 0) is 9.59 Å². The van der Waals surface area contributed by atoms with Gasteiger partial charge in [0.25, 0.3) is 0 Å². The molecular formula is C11H22N2O3. The maximum absolute atomic E-state index is 11.6. The van der Waals surface area contributed by atoms with E-state index in [0.717, 1.165) is 6.42 Å². The number of carboxylic acids is 1. The normalized spacial score (nSPS) is 14.6. The molecule has 0 aliphatic rings. The summed E-state index contributed by atoms with van der Waals surface area (Å²) in [5.74, 6) is -1.01. The van der Waals surface area contributed by atoms with E-state index >= 15 is 0 Å². The maximum atomic E-state index is 11.6. The summed E-state index contributed by atoms with van der Waals surface area (Å²) >= 11 is 0. The van der Waals surface area contributed by atoms with Crippen LogP contribution >= 0.6 is 0 Å². The SMILES string of the molecule is CCCNC(=O)C(C)N(C)C(CC)C(=O)O. The predicted molar refractivity (Wildman–Crippen MR) is 62.2 cm³/mol. The number of hydrogen-bond donors (Lipinski definition) is 2. The fourth-order valence-corrected chi connectivity index (χ4v) is 1.49. The molecule has 2 atom stereocenters. The summed E-state index contributed by atoms with van der Waals surface area (Å²) < 4.78 is 0. The monoisotopic (exact) mass is 230 g/mol. The zero-order valence-electron chi connectivity index (χ0n) is 10.5. The second kappa shape index (κ2) is 7.22. The Morgan fingerprint density at radius 3 is 2.31 bits per heavy atom. The fraction of sp³-hybridized carbons (Fsp3) is 0.818. The first-order valence-corrected chi connectivity index (χ1v) is 5.68. The first-order chi connectivity index (χ1) is 7.45. The van der Waals surface area contributed by atoms with E-state index in [-0.39, 0.29) is 5.91 Å². The number of rotatable bonds is 7. The lowest BCUT2D eigenvalue weighted by Gasteiger charge is -2.28. The van der Waals surface area contributed by atoms with Gasteiger partial charge in [-0.15, -0.1) is 0 Å². The zero-order chi connectivity index (χ0) is 12.7. The van der Waals surface area contributed by atoms with Crippen molar-refractivity contribution in [3.8, 4) is 0 Å². The van der Waals surface area contributed by atoms with Gasteiger partial charge in [-0.2, -0.15) is 0 Å². The van der Waals surface area contributed by atoms with E-state index < -0.39 is 18.1 Å². The van der Waals surface area contributed by atoms with Crippen LogP contribution in [0.15, 0.2) is 0 Å². The van der Waals surface area contributed by atoms with Crippen molar-refractivity contribution in [3.63, 3.8) is 0 Å². The van der Waals surface area contributed by atoms with Crippen molar-refractivity contribution in [2.24, 2.45) is 0 Å². The lowest BCUT2D eigenvalue weighted by atomic mass is 10.1. The molecule has 0 aliphatic carbocycles. The van der Waals surface area contributed by atoms with Crippen LogP contribution in [-0.4, -0.2) is 47.6 Å². The fourth-order valence-electron chi connectivity index (χ4n) is 1.49. The molecule has 94 valence electrons. The second-order valence-electron chi connectivity index (χ2n) is 3.89. The largest absolute Gasteiger partial charge is 0.480 e. The molecule has 0 aliphatic heterocycles. The minimum atomic E-state index is -0.889. The average Bonchev–Trinajstić information content (AvgIpc) is 2.24. The third kappa shape index (κ3) is 4.18. The van der Waals surface area contributed by atoms with Gasteiger partial charge >= 0.3 is 5.97 Å². The smallest absolute Gasteiger partial charge is 0.320 e. The highest BCUT2D eigenvalue weighted by Crippen LogP contribution is 2.07. The molecule has 0 heterocycles. The van der Waals surface area contributed by atoms with E-state index in [0.29, 0.717) is 13.0 Å². The number of carbonyl (C=O) groups excluding carboxylic acids is 1. The Kier molecular flexibility index (Phi) is 6.72. The Bertz CT molecular complexity index is 243. The number of aliphatic carboxylic acids is 1. The minimum absolute atomic E-state index is 0.121. The summed E-state index contributed by atoms with van der Waals surface area (Å²) in [5, 5.41) is 11.7. The Hall–Kier alpha value is -1.10. The Morgan fingerprint density at radius 1 is 1.38 bits per heavy atom. The molecule has 0 aromatic carbocycles. The summed E-state index contributed by atoms with van der Waals surface area (Å²) in [7, 11) is 1.67. The van der Waals surface area contributed by atoms with E-state index in [2.05, 4.69) is 5.32 Å². The van der Waals surface area contributed by atoms with Crippen molar-refractivity contribution in [2.75, 3.05) is 13.6 Å². The lowest BCUT2D eigenvalue weighted by molar-refractivity contribution is -0.144. The molecule has 0 saturated heterocycles. The molecule has 0 spiro atoms. The quantitative estimate of drug-likeness (QED) is 0.675. The predicted octanol–water partition coefficient (Wildman–Crippen LogP) is 0.696. The number of likely N-dealkylation sites (N-methyl/N-ethyl adjacent to an activating group) is 1. The number of carboxylic acid groups (broad SMARTS) is 1. The molecule has 0 fully saturated rings. The molecule has 0 rings (SSSR count). The van der Waals surface area contributed by atoms with Crippen LogP contribution < -0.4 is 5.32 Å². The first-order valence-electron chi connectivity index (χ1n) is 5.68. The van der Waals surface area contributed by atoms with E-state index in [1.54, 1.807) is 25.8 Å². The Morgan fingerprint density at radius 2 is 1.94 bits per heavy atom. The number of nitrogens with zero attached hydrogens (tertiary/aromatic N) is 1. The van der Waals surface area contributed by atoms with Gasteiger partial charge in [-0.3, -0.25) is 14.5 Å². The highest BCUT2D eigenvalue weighted by molar-refractivity contribution is 5.82. The summed E-state index contributed by atoms with van der Waals surface area (Å²) in [4.78, 5) is 24.2. The summed E-state index contributed by atoms with van der Waals surface area (Å²) in [6.07, 6.45) is 1.36. The van der Waals surface area contributed by atoms with Crippen LogP contribution in [0.5, 0.6) is 0 Å². The third-order valence-electron chi connectivity index (χ3n) is 2.70. The average molecular weight is 230 g/mol.